The second-order valence-corrected chi connectivity index (χ2v) is 8.99. The molecule has 1 aromatic rings. The Morgan fingerprint density at radius 1 is 1.24 bits per heavy atom. The van der Waals surface area contributed by atoms with Crippen LogP contribution in [0.15, 0.2) is 30.3 Å². The zero-order valence-electron chi connectivity index (χ0n) is 9.66. The average Bonchev–Trinajstić information content (AvgIpc) is 2.69. The van der Waals surface area contributed by atoms with Crippen molar-refractivity contribution < 1.29 is 4.74 Å². The molecule has 1 nitrogen and oxygen atoms in total. The van der Waals surface area contributed by atoms with Gasteiger partial charge in [0.05, 0.1) is 15.9 Å². The van der Waals surface area contributed by atoms with Crippen molar-refractivity contribution in [3.05, 3.63) is 35.9 Å². The number of hydrogen-bond acceptors (Lipinski definition) is 1. The molecule has 0 N–H and O–H groups in total. The van der Waals surface area contributed by atoms with Gasteiger partial charge in [-0.3, -0.25) is 0 Å². The first-order valence-electron chi connectivity index (χ1n) is 6.17. The van der Waals surface area contributed by atoms with Crippen LogP contribution in [0.25, 0.3) is 0 Å². The van der Waals surface area contributed by atoms with E-state index in [4.69, 9.17) is 4.74 Å². The van der Waals surface area contributed by atoms with Gasteiger partial charge in [0.25, 0.3) is 0 Å². The van der Waals surface area contributed by atoms with Gasteiger partial charge >= 0.3 is 0 Å². The summed E-state index contributed by atoms with van der Waals surface area (Å²) in [7, 11) is 0. The summed E-state index contributed by atoms with van der Waals surface area (Å²) in [6.07, 6.45) is 5.37. The number of benzene rings is 1. The molecule has 0 heterocycles. The number of ether oxygens (including phenoxy) is 1. The number of rotatable bonds is 3. The Hall–Kier alpha value is 0.140. The Bertz CT molecular complexity index is 400. The van der Waals surface area contributed by atoms with E-state index < -0.39 is 0 Å². The molecule has 1 aromatic carbocycles. The van der Waals surface area contributed by atoms with E-state index in [2.05, 4.69) is 56.1 Å². The maximum atomic E-state index is 6.14. The van der Waals surface area contributed by atoms with Crippen LogP contribution in [0.2, 0.25) is 0 Å². The lowest BCUT2D eigenvalue weighted by Gasteiger charge is -2.21. The lowest BCUT2D eigenvalue weighted by atomic mass is 10.0. The van der Waals surface area contributed by atoms with Crippen molar-refractivity contribution in [3.63, 3.8) is 0 Å². The average molecular weight is 360 g/mol. The first-order chi connectivity index (χ1) is 8.14. The van der Waals surface area contributed by atoms with Gasteiger partial charge in [0.2, 0.25) is 0 Å². The summed E-state index contributed by atoms with van der Waals surface area (Å²) in [6, 6.07) is 10.4. The van der Waals surface area contributed by atoms with Gasteiger partial charge < -0.3 is 4.74 Å². The van der Waals surface area contributed by atoms with Crippen LogP contribution in [-0.2, 0) is 11.3 Å². The predicted molar refractivity (Wildman–Crippen MR) is 76.5 cm³/mol. The summed E-state index contributed by atoms with van der Waals surface area (Å²) < 4.78 is 6.29. The van der Waals surface area contributed by atoms with Gasteiger partial charge in [-0.15, -0.1) is 0 Å². The van der Waals surface area contributed by atoms with E-state index >= 15 is 0 Å². The maximum absolute atomic E-state index is 6.14. The van der Waals surface area contributed by atoms with E-state index in [9.17, 15) is 0 Å². The molecule has 0 bridgehead atoms. The molecular formula is C14H16Br2O. The van der Waals surface area contributed by atoms with E-state index in [0.29, 0.717) is 11.5 Å². The lowest BCUT2D eigenvalue weighted by Crippen LogP contribution is -2.23. The Kier molecular flexibility index (Phi) is 3.12. The summed E-state index contributed by atoms with van der Waals surface area (Å²) in [5.74, 6) is 0. The highest BCUT2D eigenvalue weighted by molar-refractivity contribution is 9.25. The summed E-state index contributed by atoms with van der Waals surface area (Å²) in [4.78, 5) is 0. The molecule has 2 saturated carbocycles. The van der Waals surface area contributed by atoms with Crippen molar-refractivity contribution in [2.75, 3.05) is 0 Å². The Morgan fingerprint density at radius 3 is 2.59 bits per heavy atom. The third kappa shape index (κ3) is 2.11. The standard InChI is InChI=1S/C14H16Br2O/c15-14(16)10-13(14)8-4-7-12(13)17-9-11-5-2-1-3-6-11/h1-3,5-6,12H,4,7-10H2. The molecule has 0 amide bonds. The minimum absolute atomic E-state index is 0.144. The van der Waals surface area contributed by atoms with Crippen LogP contribution in [0, 0.1) is 5.41 Å². The van der Waals surface area contributed by atoms with E-state index in [0.717, 1.165) is 6.61 Å². The third-order valence-corrected chi connectivity index (χ3v) is 6.28. The molecule has 0 radical (unpaired) electrons. The van der Waals surface area contributed by atoms with Crippen LogP contribution in [0.5, 0.6) is 0 Å². The van der Waals surface area contributed by atoms with Gasteiger partial charge in [-0.05, 0) is 24.8 Å². The molecule has 2 fully saturated rings. The van der Waals surface area contributed by atoms with Crippen LogP contribution < -0.4 is 0 Å². The van der Waals surface area contributed by atoms with Gasteiger partial charge in [0.1, 0.15) is 0 Å². The molecule has 2 unspecified atom stereocenters. The fourth-order valence-electron chi connectivity index (χ4n) is 3.03. The van der Waals surface area contributed by atoms with Crippen molar-refractivity contribution in [2.24, 2.45) is 5.41 Å². The summed E-state index contributed by atoms with van der Waals surface area (Å²) >= 11 is 7.55. The fourth-order valence-corrected chi connectivity index (χ4v) is 4.93. The minimum atomic E-state index is 0.144. The van der Waals surface area contributed by atoms with E-state index in [1.807, 2.05) is 6.07 Å². The molecule has 2 aliphatic carbocycles. The fraction of sp³-hybridized carbons (Fsp3) is 0.571. The number of hydrogen-bond donors (Lipinski definition) is 0. The highest BCUT2D eigenvalue weighted by Gasteiger charge is 2.70. The van der Waals surface area contributed by atoms with Crippen LogP contribution in [0.3, 0.4) is 0 Å². The normalized spacial score (nSPS) is 34.1. The van der Waals surface area contributed by atoms with Gasteiger partial charge in [-0.2, -0.15) is 0 Å². The maximum Gasteiger partial charge on any atom is 0.0894 e. The molecule has 2 atom stereocenters. The predicted octanol–water partition coefficient (Wildman–Crippen LogP) is 4.63. The van der Waals surface area contributed by atoms with Crippen molar-refractivity contribution in [1.82, 2.24) is 0 Å². The van der Waals surface area contributed by atoms with Crippen LogP contribution in [0.4, 0.5) is 0 Å². The molecule has 0 aliphatic heterocycles. The molecule has 17 heavy (non-hydrogen) atoms. The monoisotopic (exact) mass is 358 g/mol. The zero-order chi connectivity index (χ0) is 11.9. The first kappa shape index (κ1) is 12.2. The van der Waals surface area contributed by atoms with Gasteiger partial charge in [-0.1, -0.05) is 68.6 Å². The second kappa shape index (κ2) is 4.36. The Labute approximate surface area is 119 Å². The van der Waals surface area contributed by atoms with Crippen LogP contribution in [0.1, 0.15) is 31.2 Å². The number of alkyl halides is 2. The Morgan fingerprint density at radius 2 is 1.94 bits per heavy atom. The summed E-state index contributed by atoms with van der Waals surface area (Å²) in [5, 5.41) is 0. The molecule has 92 valence electrons. The molecule has 3 heteroatoms. The lowest BCUT2D eigenvalue weighted by molar-refractivity contribution is 0.00729. The van der Waals surface area contributed by atoms with E-state index in [-0.39, 0.29) is 3.23 Å². The highest BCUT2D eigenvalue weighted by Crippen LogP contribution is 2.73. The quantitative estimate of drug-likeness (QED) is 0.715. The van der Waals surface area contributed by atoms with Crippen molar-refractivity contribution in [1.29, 1.82) is 0 Å². The molecule has 0 saturated heterocycles. The smallest absolute Gasteiger partial charge is 0.0894 e. The van der Waals surface area contributed by atoms with Crippen molar-refractivity contribution in [3.8, 4) is 0 Å². The minimum Gasteiger partial charge on any atom is -0.373 e. The number of halogens is 2. The molecule has 1 spiro atoms. The highest BCUT2D eigenvalue weighted by atomic mass is 79.9. The molecule has 3 rings (SSSR count). The molecular weight excluding hydrogens is 344 g/mol. The first-order valence-corrected chi connectivity index (χ1v) is 7.76. The van der Waals surface area contributed by atoms with Crippen molar-refractivity contribution in [2.45, 2.75) is 41.6 Å². The largest absolute Gasteiger partial charge is 0.373 e. The summed E-state index contributed by atoms with van der Waals surface area (Å²) in [6.45, 7) is 0.739. The van der Waals surface area contributed by atoms with E-state index in [1.54, 1.807) is 0 Å². The molecule has 0 aromatic heterocycles. The SMILES string of the molecule is BrC1(Br)CC12CCCC2OCc1ccccc1. The van der Waals surface area contributed by atoms with Crippen LogP contribution >= 0.6 is 31.9 Å². The summed E-state index contributed by atoms with van der Waals surface area (Å²) in [5.41, 5.74) is 1.62. The van der Waals surface area contributed by atoms with Crippen LogP contribution in [-0.4, -0.2) is 9.34 Å². The van der Waals surface area contributed by atoms with Gasteiger partial charge in [0, 0.05) is 5.41 Å². The van der Waals surface area contributed by atoms with Gasteiger partial charge in [0.15, 0.2) is 0 Å². The topological polar surface area (TPSA) is 9.23 Å². The van der Waals surface area contributed by atoms with E-state index in [1.165, 1.54) is 31.2 Å². The Balaban J connectivity index is 1.63. The zero-order valence-corrected chi connectivity index (χ0v) is 12.8. The second-order valence-electron chi connectivity index (χ2n) is 5.21. The third-order valence-electron chi connectivity index (χ3n) is 4.14. The van der Waals surface area contributed by atoms with Crippen molar-refractivity contribution >= 4 is 31.9 Å². The molecule has 2 aliphatic rings. The van der Waals surface area contributed by atoms with Gasteiger partial charge in [-0.25, -0.2) is 0 Å².